The largest absolute Gasteiger partial charge is 0.304 e. The molecule has 1 aromatic heterocycles. The first-order valence-corrected chi connectivity index (χ1v) is 7.77. The molecule has 1 aliphatic heterocycles. The van der Waals surface area contributed by atoms with Crippen molar-refractivity contribution in [3.05, 3.63) is 63.5 Å². The van der Waals surface area contributed by atoms with Crippen LogP contribution in [0.3, 0.4) is 0 Å². The van der Waals surface area contributed by atoms with Gasteiger partial charge in [0.25, 0.3) is 5.91 Å². The van der Waals surface area contributed by atoms with E-state index in [1.807, 2.05) is 35.7 Å². The highest BCUT2D eigenvalue weighted by Crippen LogP contribution is 2.19. The van der Waals surface area contributed by atoms with E-state index in [9.17, 15) is 4.79 Å². The summed E-state index contributed by atoms with van der Waals surface area (Å²) in [5.41, 5.74) is 2.73. The van der Waals surface area contributed by atoms with Crippen molar-refractivity contribution >= 4 is 29.2 Å². The molecule has 0 atom stereocenters. The molecule has 4 heteroatoms. The number of nitrogens with one attached hydrogen (secondary N) is 1. The lowest BCUT2D eigenvalue weighted by Crippen LogP contribution is -2.23. The normalized spacial score (nSPS) is 16.4. The van der Waals surface area contributed by atoms with E-state index in [1.165, 1.54) is 5.56 Å². The van der Waals surface area contributed by atoms with Crippen molar-refractivity contribution in [2.24, 2.45) is 4.99 Å². The fourth-order valence-corrected chi connectivity index (χ4v) is 2.80. The lowest BCUT2D eigenvalue weighted by atomic mass is 10.0. The SMILES string of the molecule is CC(C)c1ccc(/C=C2/N=C(c3cccs3)NC2=O)cc1. The van der Waals surface area contributed by atoms with Gasteiger partial charge in [0, 0.05) is 0 Å². The second kappa shape index (κ2) is 5.66. The average molecular weight is 296 g/mol. The molecule has 0 saturated carbocycles. The van der Waals surface area contributed by atoms with Gasteiger partial charge in [0.2, 0.25) is 0 Å². The Hall–Kier alpha value is -2.20. The van der Waals surface area contributed by atoms with E-state index in [0.29, 0.717) is 17.5 Å². The van der Waals surface area contributed by atoms with Crippen LogP contribution in [0.2, 0.25) is 0 Å². The molecular weight excluding hydrogens is 280 g/mol. The smallest absolute Gasteiger partial charge is 0.275 e. The first-order chi connectivity index (χ1) is 10.1. The average Bonchev–Trinajstić information content (AvgIpc) is 3.10. The maximum absolute atomic E-state index is 12.0. The third-order valence-electron chi connectivity index (χ3n) is 3.36. The van der Waals surface area contributed by atoms with Crippen molar-refractivity contribution < 1.29 is 4.79 Å². The molecule has 0 spiro atoms. The molecular formula is C17H16N2OS. The second-order valence-electron chi connectivity index (χ2n) is 5.24. The number of benzene rings is 1. The van der Waals surface area contributed by atoms with Gasteiger partial charge in [-0.25, -0.2) is 4.99 Å². The van der Waals surface area contributed by atoms with E-state index in [-0.39, 0.29) is 5.91 Å². The summed E-state index contributed by atoms with van der Waals surface area (Å²) in [6.45, 7) is 4.32. The minimum atomic E-state index is -0.147. The number of carbonyl (C=O) groups excluding carboxylic acids is 1. The van der Waals surface area contributed by atoms with Gasteiger partial charge in [-0.3, -0.25) is 4.79 Å². The van der Waals surface area contributed by atoms with Crippen LogP contribution in [0, 0.1) is 0 Å². The minimum absolute atomic E-state index is 0.147. The van der Waals surface area contributed by atoms with Gasteiger partial charge in [-0.1, -0.05) is 44.2 Å². The number of carbonyl (C=O) groups is 1. The van der Waals surface area contributed by atoms with Gasteiger partial charge in [-0.2, -0.15) is 0 Å². The molecule has 1 aromatic carbocycles. The van der Waals surface area contributed by atoms with Gasteiger partial charge >= 0.3 is 0 Å². The molecule has 0 bridgehead atoms. The quantitative estimate of drug-likeness (QED) is 0.860. The van der Waals surface area contributed by atoms with Crippen LogP contribution in [0.5, 0.6) is 0 Å². The number of amides is 1. The van der Waals surface area contributed by atoms with Gasteiger partial charge in [0.1, 0.15) is 5.70 Å². The van der Waals surface area contributed by atoms with E-state index >= 15 is 0 Å². The van der Waals surface area contributed by atoms with Gasteiger partial charge < -0.3 is 5.32 Å². The molecule has 1 aliphatic rings. The topological polar surface area (TPSA) is 41.5 Å². The predicted octanol–water partition coefficient (Wildman–Crippen LogP) is 3.79. The number of nitrogens with zero attached hydrogens (tertiary/aromatic N) is 1. The van der Waals surface area contributed by atoms with Crippen molar-refractivity contribution in [2.75, 3.05) is 0 Å². The maximum Gasteiger partial charge on any atom is 0.275 e. The summed E-state index contributed by atoms with van der Waals surface area (Å²) in [4.78, 5) is 17.3. The maximum atomic E-state index is 12.0. The molecule has 1 amide bonds. The summed E-state index contributed by atoms with van der Waals surface area (Å²) >= 11 is 1.56. The highest BCUT2D eigenvalue weighted by Gasteiger charge is 2.21. The summed E-state index contributed by atoms with van der Waals surface area (Å²) in [6.07, 6.45) is 1.82. The molecule has 0 unspecified atom stereocenters. The standard InChI is InChI=1S/C17H16N2OS/c1-11(2)13-7-5-12(6-8-13)10-14-17(20)19-16(18-14)15-4-3-9-21-15/h3-11H,1-2H3,(H,18,19,20)/b14-10+. The van der Waals surface area contributed by atoms with E-state index in [1.54, 1.807) is 11.3 Å². The zero-order valence-corrected chi connectivity index (χ0v) is 12.8. The van der Waals surface area contributed by atoms with Crippen LogP contribution >= 0.6 is 11.3 Å². The Morgan fingerprint density at radius 1 is 1.19 bits per heavy atom. The van der Waals surface area contributed by atoms with E-state index < -0.39 is 0 Å². The zero-order valence-electron chi connectivity index (χ0n) is 12.0. The molecule has 0 saturated heterocycles. The third-order valence-corrected chi connectivity index (χ3v) is 4.23. The summed E-state index contributed by atoms with van der Waals surface area (Å²) in [5, 5.41) is 4.78. The number of hydrogen-bond donors (Lipinski definition) is 1. The fraction of sp³-hybridized carbons (Fsp3) is 0.176. The molecule has 21 heavy (non-hydrogen) atoms. The van der Waals surface area contributed by atoms with Crippen LogP contribution in [0.1, 0.15) is 35.8 Å². The summed E-state index contributed by atoms with van der Waals surface area (Å²) in [6, 6.07) is 12.1. The molecule has 1 N–H and O–H groups in total. The number of amidine groups is 1. The first kappa shape index (κ1) is 13.8. The monoisotopic (exact) mass is 296 g/mol. The van der Waals surface area contributed by atoms with Gasteiger partial charge in [-0.15, -0.1) is 11.3 Å². The summed E-state index contributed by atoms with van der Waals surface area (Å²) < 4.78 is 0. The highest BCUT2D eigenvalue weighted by atomic mass is 32.1. The van der Waals surface area contributed by atoms with E-state index in [4.69, 9.17) is 0 Å². The lowest BCUT2D eigenvalue weighted by Gasteiger charge is -2.04. The second-order valence-corrected chi connectivity index (χ2v) is 6.19. The van der Waals surface area contributed by atoms with Gasteiger partial charge in [0.05, 0.1) is 4.88 Å². The van der Waals surface area contributed by atoms with Crippen molar-refractivity contribution in [3.8, 4) is 0 Å². The Morgan fingerprint density at radius 3 is 2.57 bits per heavy atom. The lowest BCUT2D eigenvalue weighted by molar-refractivity contribution is -0.115. The molecule has 106 valence electrons. The van der Waals surface area contributed by atoms with Gasteiger partial charge in [0.15, 0.2) is 5.84 Å². The van der Waals surface area contributed by atoms with Crippen molar-refractivity contribution in [1.29, 1.82) is 0 Å². The Morgan fingerprint density at radius 2 is 1.95 bits per heavy atom. The fourth-order valence-electron chi connectivity index (χ4n) is 2.13. The highest BCUT2D eigenvalue weighted by molar-refractivity contribution is 7.12. The molecule has 3 nitrogen and oxygen atoms in total. The molecule has 2 heterocycles. The number of thiophene rings is 1. The molecule has 2 aromatic rings. The Bertz CT molecular complexity index is 710. The van der Waals surface area contributed by atoms with Crippen LogP contribution < -0.4 is 5.32 Å². The zero-order chi connectivity index (χ0) is 14.8. The number of rotatable bonds is 3. The summed E-state index contributed by atoms with van der Waals surface area (Å²) in [5.74, 6) is 0.997. The van der Waals surface area contributed by atoms with Crippen molar-refractivity contribution in [3.63, 3.8) is 0 Å². The van der Waals surface area contributed by atoms with E-state index in [0.717, 1.165) is 10.4 Å². The Labute approximate surface area is 128 Å². The molecule has 0 fully saturated rings. The van der Waals surface area contributed by atoms with Crippen LogP contribution in [0.15, 0.2) is 52.5 Å². The minimum Gasteiger partial charge on any atom is -0.304 e. The molecule has 0 aliphatic carbocycles. The van der Waals surface area contributed by atoms with Crippen LogP contribution in [0.4, 0.5) is 0 Å². The Balaban J connectivity index is 1.87. The third kappa shape index (κ3) is 2.95. The van der Waals surface area contributed by atoms with Crippen molar-refractivity contribution in [2.45, 2.75) is 19.8 Å². The van der Waals surface area contributed by atoms with Crippen LogP contribution in [-0.2, 0) is 4.79 Å². The molecule has 3 rings (SSSR count). The van der Waals surface area contributed by atoms with Crippen LogP contribution in [-0.4, -0.2) is 11.7 Å². The number of hydrogen-bond acceptors (Lipinski definition) is 3. The Kier molecular flexibility index (Phi) is 3.71. The van der Waals surface area contributed by atoms with E-state index in [2.05, 4.69) is 36.3 Å². The first-order valence-electron chi connectivity index (χ1n) is 6.89. The summed E-state index contributed by atoms with van der Waals surface area (Å²) in [7, 11) is 0. The molecule has 0 radical (unpaired) electrons. The predicted molar refractivity (Wildman–Crippen MR) is 87.5 cm³/mol. The van der Waals surface area contributed by atoms with Gasteiger partial charge in [-0.05, 0) is 34.6 Å². The number of aliphatic imine (C=N–C) groups is 1. The van der Waals surface area contributed by atoms with Crippen molar-refractivity contribution in [1.82, 2.24) is 5.32 Å². The van der Waals surface area contributed by atoms with Crippen LogP contribution in [0.25, 0.3) is 6.08 Å².